The van der Waals surface area contributed by atoms with Crippen molar-refractivity contribution < 1.29 is 18.0 Å². The van der Waals surface area contributed by atoms with Crippen LogP contribution in [0.25, 0.3) is 0 Å². The Morgan fingerprint density at radius 3 is 1.97 bits per heavy atom. The molecule has 7 nitrogen and oxygen atoms in total. The largest absolute Gasteiger partial charge is 0.326 e. The van der Waals surface area contributed by atoms with Gasteiger partial charge in [0.15, 0.2) is 0 Å². The van der Waals surface area contributed by atoms with Crippen molar-refractivity contribution in [2.75, 3.05) is 15.4 Å². The van der Waals surface area contributed by atoms with Crippen molar-refractivity contribution in [1.82, 2.24) is 0 Å². The first kappa shape index (κ1) is 25.5. The lowest BCUT2D eigenvalue weighted by atomic mass is 10.1. The van der Waals surface area contributed by atoms with Crippen molar-refractivity contribution in [3.63, 3.8) is 0 Å². The second-order valence-corrected chi connectivity index (χ2v) is 11.8. The van der Waals surface area contributed by atoms with Gasteiger partial charge in [-0.15, -0.1) is 23.1 Å². The zero-order valence-electron chi connectivity index (χ0n) is 19.2. The molecule has 1 atom stereocenters. The highest BCUT2D eigenvalue weighted by atomic mass is 32.2. The summed E-state index contributed by atoms with van der Waals surface area (Å²) in [6, 6.07) is 26.5. The van der Waals surface area contributed by atoms with Gasteiger partial charge < -0.3 is 10.6 Å². The van der Waals surface area contributed by atoms with E-state index in [4.69, 9.17) is 0 Å². The summed E-state index contributed by atoms with van der Waals surface area (Å²) in [4.78, 5) is 25.3. The van der Waals surface area contributed by atoms with Gasteiger partial charge >= 0.3 is 0 Å². The molecular formula is C26H23N3O4S3. The smallest absolute Gasteiger partial charge is 0.271 e. The molecule has 0 aliphatic carbocycles. The molecule has 3 N–H and O–H groups in total. The van der Waals surface area contributed by atoms with Crippen molar-refractivity contribution in [1.29, 1.82) is 0 Å². The van der Waals surface area contributed by atoms with E-state index < -0.39 is 15.3 Å². The van der Waals surface area contributed by atoms with Crippen LogP contribution in [-0.4, -0.2) is 20.2 Å². The Morgan fingerprint density at radius 2 is 1.39 bits per heavy atom. The van der Waals surface area contributed by atoms with Crippen LogP contribution in [0.4, 0.5) is 17.1 Å². The quantitative estimate of drug-likeness (QED) is 0.228. The summed E-state index contributed by atoms with van der Waals surface area (Å²) in [5.41, 5.74) is 2.52. The first-order chi connectivity index (χ1) is 17.3. The van der Waals surface area contributed by atoms with Gasteiger partial charge in [0.25, 0.3) is 10.0 Å². The molecule has 0 spiro atoms. The first-order valence-corrected chi connectivity index (χ1v) is 14.1. The third-order valence-electron chi connectivity index (χ3n) is 4.93. The van der Waals surface area contributed by atoms with E-state index >= 15 is 0 Å². The fraction of sp³-hybridized carbons (Fsp3) is 0.0769. The lowest BCUT2D eigenvalue weighted by Crippen LogP contribution is -2.19. The van der Waals surface area contributed by atoms with E-state index in [0.717, 1.165) is 21.8 Å². The minimum Gasteiger partial charge on any atom is -0.326 e. The van der Waals surface area contributed by atoms with Gasteiger partial charge in [-0.3, -0.25) is 14.3 Å². The molecule has 4 aromatic rings. The van der Waals surface area contributed by atoms with Gasteiger partial charge in [-0.25, -0.2) is 8.42 Å². The summed E-state index contributed by atoms with van der Waals surface area (Å²) >= 11 is 2.51. The van der Waals surface area contributed by atoms with Gasteiger partial charge in [0.05, 0.1) is 0 Å². The van der Waals surface area contributed by atoms with E-state index in [2.05, 4.69) is 15.4 Å². The predicted molar refractivity (Wildman–Crippen MR) is 146 cm³/mol. The summed E-state index contributed by atoms with van der Waals surface area (Å²) in [5.74, 6) is -0.376. The second-order valence-electron chi connectivity index (χ2n) is 7.72. The molecule has 1 unspecified atom stereocenters. The van der Waals surface area contributed by atoms with Crippen LogP contribution in [0.5, 0.6) is 0 Å². The van der Waals surface area contributed by atoms with Crippen molar-refractivity contribution in [3.8, 4) is 0 Å². The number of thiophene rings is 1. The van der Waals surface area contributed by atoms with E-state index in [9.17, 15) is 18.0 Å². The minimum atomic E-state index is -3.63. The van der Waals surface area contributed by atoms with E-state index in [-0.39, 0.29) is 16.0 Å². The average molecular weight is 538 g/mol. The second kappa shape index (κ2) is 11.4. The Morgan fingerprint density at radius 1 is 0.778 bits per heavy atom. The van der Waals surface area contributed by atoms with Crippen LogP contribution in [0.3, 0.4) is 0 Å². The number of amides is 2. The van der Waals surface area contributed by atoms with E-state index in [1.807, 2.05) is 30.3 Å². The monoisotopic (exact) mass is 537 g/mol. The van der Waals surface area contributed by atoms with Crippen LogP contribution in [-0.2, 0) is 19.6 Å². The molecule has 0 bridgehead atoms. The highest BCUT2D eigenvalue weighted by Gasteiger charge is 2.22. The van der Waals surface area contributed by atoms with E-state index in [1.165, 1.54) is 18.7 Å². The maximum absolute atomic E-state index is 13.3. The summed E-state index contributed by atoms with van der Waals surface area (Å²) in [5, 5.41) is 6.79. The van der Waals surface area contributed by atoms with Crippen molar-refractivity contribution >= 4 is 62.0 Å². The first-order valence-electron chi connectivity index (χ1n) is 10.9. The zero-order chi connectivity index (χ0) is 25.5. The maximum atomic E-state index is 13.3. The van der Waals surface area contributed by atoms with Crippen LogP contribution in [0.15, 0.2) is 105 Å². The van der Waals surface area contributed by atoms with Crippen LogP contribution >= 0.6 is 23.1 Å². The molecule has 2 amide bonds. The predicted octanol–water partition coefficient (Wildman–Crippen LogP) is 5.98. The molecule has 4 rings (SSSR count). The van der Waals surface area contributed by atoms with Gasteiger partial charge in [0, 0.05) is 28.9 Å². The third kappa shape index (κ3) is 6.75. The number of carbonyl (C=O) groups is 2. The molecule has 0 fully saturated rings. The van der Waals surface area contributed by atoms with E-state index in [1.54, 1.807) is 66.0 Å². The van der Waals surface area contributed by atoms with Gasteiger partial charge in [-0.05, 0) is 65.5 Å². The number of rotatable bonds is 9. The standard InChI is InChI=1S/C26H23N3O4S3/c1-18(30)27-20-9-11-21(12-10-20)28-26(31)25(19-6-3-2-4-7-19)35-23-15-13-22(14-16-23)29-36(32,33)24-8-5-17-34-24/h2-17,25,29H,1H3,(H,27,30)(H,28,31). The van der Waals surface area contributed by atoms with Crippen LogP contribution in [0.2, 0.25) is 0 Å². The summed E-state index contributed by atoms with van der Waals surface area (Å²) in [6.07, 6.45) is 0. The number of hydrogen-bond donors (Lipinski definition) is 3. The number of nitrogens with one attached hydrogen (secondary N) is 3. The molecule has 1 heterocycles. The summed E-state index contributed by atoms with van der Waals surface area (Å²) in [6.45, 7) is 1.43. The molecule has 0 saturated carbocycles. The molecule has 0 aliphatic heterocycles. The molecule has 0 saturated heterocycles. The van der Waals surface area contributed by atoms with Crippen LogP contribution in [0, 0.1) is 0 Å². The lowest BCUT2D eigenvalue weighted by Gasteiger charge is -2.18. The molecule has 3 aromatic carbocycles. The molecule has 36 heavy (non-hydrogen) atoms. The number of thioether (sulfide) groups is 1. The number of sulfonamides is 1. The minimum absolute atomic E-state index is 0.169. The maximum Gasteiger partial charge on any atom is 0.271 e. The molecule has 184 valence electrons. The van der Waals surface area contributed by atoms with E-state index in [0.29, 0.717) is 17.1 Å². The Balaban J connectivity index is 1.49. The topological polar surface area (TPSA) is 104 Å². The van der Waals surface area contributed by atoms with Crippen LogP contribution in [0.1, 0.15) is 17.7 Å². The Labute approximate surface area is 218 Å². The van der Waals surface area contributed by atoms with Crippen molar-refractivity contribution in [2.24, 2.45) is 0 Å². The SMILES string of the molecule is CC(=O)Nc1ccc(NC(=O)C(Sc2ccc(NS(=O)(=O)c3cccs3)cc2)c2ccccc2)cc1. The number of carbonyl (C=O) groups excluding carboxylic acids is 2. The van der Waals surface area contributed by atoms with Gasteiger partial charge in [0.1, 0.15) is 9.46 Å². The highest BCUT2D eigenvalue weighted by Crippen LogP contribution is 2.37. The van der Waals surface area contributed by atoms with Gasteiger partial charge in [-0.2, -0.15) is 0 Å². The molecule has 1 aromatic heterocycles. The summed E-state index contributed by atoms with van der Waals surface area (Å²) in [7, 11) is -3.63. The Kier molecular flexibility index (Phi) is 8.09. The van der Waals surface area contributed by atoms with Gasteiger partial charge in [-0.1, -0.05) is 36.4 Å². The Bertz CT molecular complexity index is 1420. The fourth-order valence-corrected chi connectivity index (χ4v) is 6.38. The molecule has 0 radical (unpaired) electrons. The molecular weight excluding hydrogens is 515 g/mol. The van der Waals surface area contributed by atoms with Crippen molar-refractivity contribution in [3.05, 3.63) is 102 Å². The number of benzene rings is 3. The number of anilines is 3. The summed E-state index contributed by atoms with van der Waals surface area (Å²) < 4.78 is 27.7. The molecule has 0 aliphatic rings. The highest BCUT2D eigenvalue weighted by molar-refractivity contribution is 8.00. The average Bonchev–Trinajstić information content (AvgIpc) is 3.41. The van der Waals surface area contributed by atoms with Gasteiger partial charge in [0.2, 0.25) is 11.8 Å². The Hall–Kier alpha value is -3.60. The zero-order valence-corrected chi connectivity index (χ0v) is 21.6. The van der Waals surface area contributed by atoms with Crippen molar-refractivity contribution in [2.45, 2.75) is 21.3 Å². The van der Waals surface area contributed by atoms with Crippen LogP contribution < -0.4 is 15.4 Å². The molecule has 10 heteroatoms. The third-order valence-corrected chi connectivity index (χ3v) is 8.98. The normalized spacial score (nSPS) is 11.9. The lowest BCUT2D eigenvalue weighted by molar-refractivity contribution is -0.116. The fourth-order valence-electron chi connectivity index (χ4n) is 3.31. The number of hydrogen-bond acceptors (Lipinski definition) is 6.